The lowest BCUT2D eigenvalue weighted by molar-refractivity contribution is 0.188. The predicted molar refractivity (Wildman–Crippen MR) is 103 cm³/mol. The molecule has 0 saturated heterocycles. The lowest BCUT2D eigenvalue weighted by Gasteiger charge is -2.36. The molecule has 1 aromatic heterocycles. The third-order valence-electron chi connectivity index (χ3n) is 4.54. The number of anilines is 2. The van der Waals surface area contributed by atoms with Crippen LogP contribution in [0, 0.1) is 12.8 Å². The first-order valence-electron chi connectivity index (χ1n) is 8.76. The average Bonchev–Trinajstić information content (AvgIpc) is 2.90. The molecule has 0 bridgehead atoms. The van der Waals surface area contributed by atoms with Crippen LogP contribution in [0.2, 0.25) is 0 Å². The average molecular weight is 346 g/mol. The molecule has 0 fully saturated rings. The fraction of sp³-hybridized carbons (Fsp3) is 0.526. The van der Waals surface area contributed by atoms with Crippen LogP contribution >= 0.6 is 11.3 Å². The highest BCUT2D eigenvalue weighted by Crippen LogP contribution is 2.39. The molecular formula is C19H27N3OS. The van der Waals surface area contributed by atoms with E-state index in [2.05, 4.69) is 55.8 Å². The normalized spacial score (nSPS) is 17.0. The summed E-state index contributed by atoms with van der Waals surface area (Å²) >= 11 is 1.54. The minimum Gasteiger partial charge on any atom is -0.486 e. The predicted octanol–water partition coefficient (Wildman–Crippen LogP) is 4.72. The van der Waals surface area contributed by atoms with Gasteiger partial charge in [-0.2, -0.15) is 0 Å². The third-order valence-corrected chi connectivity index (χ3v) is 5.34. The highest BCUT2D eigenvalue weighted by atomic mass is 32.1. The van der Waals surface area contributed by atoms with Crippen molar-refractivity contribution in [1.29, 1.82) is 0 Å². The fourth-order valence-corrected chi connectivity index (χ4v) is 3.81. The summed E-state index contributed by atoms with van der Waals surface area (Å²) in [6.45, 7) is 10.8. The summed E-state index contributed by atoms with van der Waals surface area (Å²) in [5.74, 6) is 1.68. The Bertz CT molecular complexity index is 711. The van der Waals surface area contributed by atoms with Crippen molar-refractivity contribution in [2.45, 2.75) is 46.6 Å². The number of aromatic nitrogens is 1. The van der Waals surface area contributed by atoms with Gasteiger partial charge in [0.2, 0.25) is 0 Å². The van der Waals surface area contributed by atoms with Gasteiger partial charge in [-0.1, -0.05) is 20.8 Å². The summed E-state index contributed by atoms with van der Waals surface area (Å²) < 4.78 is 6.16. The van der Waals surface area contributed by atoms with Crippen molar-refractivity contribution in [2.24, 2.45) is 5.92 Å². The monoisotopic (exact) mass is 345 g/mol. The SMILES string of the molecule is CCC1CN(CCC(C)C)c2cc(-c3nc(N)sc3C)ccc2O1. The molecule has 3 rings (SSSR count). The molecule has 24 heavy (non-hydrogen) atoms. The maximum absolute atomic E-state index is 6.16. The molecule has 0 amide bonds. The van der Waals surface area contributed by atoms with Crippen LogP contribution in [0.1, 0.15) is 38.5 Å². The lowest BCUT2D eigenvalue weighted by atomic mass is 10.0. The molecule has 2 heterocycles. The number of aryl methyl sites for hydroxylation is 1. The van der Waals surface area contributed by atoms with Crippen LogP contribution in [0.25, 0.3) is 11.3 Å². The largest absolute Gasteiger partial charge is 0.486 e. The number of nitrogens with two attached hydrogens (primary N) is 1. The molecular weight excluding hydrogens is 318 g/mol. The summed E-state index contributed by atoms with van der Waals surface area (Å²) in [4.78, 5) is 8.13. The number of fused-ring (bicyclic) bond motifs is 1. The van der Waals surface area contributed by atoms with E-state index < -0.39 is 0 Å². The van der Waals surface area contributed by atoms with Crippen molar-refractivity contribution in [2.75, 3.05) is 23.7 Å². The molecule has 1 atom stereocenters. The summed E-state index contributed by atoms with van der Waals surface area (Å²) in [5, 5.41) is 0.624. The molecule has 0 saturated carbocycles. The maximum Gasteiger partial charge on any atom is 0.180 e. The lowest BCUT2D eigenvalue weighted by Crippen LogP contribution is -2.40. The van der Waals surface area contributed by atoms with Gasteiger partial charge >= 0.3 is 0 Å². The van der Waals surface area contributed by atoms with Gasteiger partial charge in [0.1, 0.15) is 11.9 Å². The minimum atomic E-state index is 0.271. The van der Waals surface area contributed by atoms with Crippen LogP contribution < -0.4 is 15.4 Å². The van der Waals surface area contributed by atoms with Crippen LogP contribution in [0.4, 0.5) is 10.8 Å². The highest BCUT2D eigenvalue weighted by molar-refractivity contribution is 7.15. The first-order chi connectivity index (χ1) is 11.5. The summed E-state index contributed by atoms with van der Waals surface area (Å²) in [7, 11) is 0. The Morgan fingerprint density at radius 1 is 1.42 bits per heavy atom. The molecule has 0 spiro atoms. The van der Waals surface area contributed by atoms with Gasteiger partial charge in [-0.15, -0.1) is 11.3 Å². The summed E-state index contributed by atoms with van der Waals surface area (Å²) in [5.41, 5.74) is 9.16. The van der Waals surface area contributed by atoms with E-state index in [-0.39, 0.29) is 6.10 Å². The number of nitrogens with zero attached hydrogens (tertiary/aromatic N) is 2. The fourth-order valence-electron chi connectivity index (χ4n) is 3.10. The molecule has 2 N–H and O–H groups in total. The van der Waals surface area contributed by atoms with Crippen molar-refractivity contribution in [3.63, 3.8) is 0 Å². The van der Waals surface area contributed by atoms with Gasteiger partial charge in [0, 0.05) is 17.0 Å². The van der Waals surface area contributed by atoms with Crippen molar-refractivity contribution in [3.05, 3.63) is 23.1 Å². The van der Waals surface area contributed by atoms with Gasteiger partial charge in [0.25, 0.3) is 0 Å². The van der Waals surface area contributed by atoms with E-state index in [4.69, 9.17) is 10.5 Å². The second kappa shape index (κ2) is 7.01. The van der Waals surface area contributed by atoms with Gasteiger partial charge in [0.15, 0.2) is 5.13 Å². The van der Waals surface area contributed by atoms with Crippen LogP contribution in [-0.4, -0.2) is 24.2 Å². The Hall–Kier alpha value is -1.75. The Morgan fingerprint density at radius 3 is 2.83 bits per heavy atom. The Kier molecular flexibility index (Phi) is 4.99. The van der Waals surface area contributed by atoms with Gasteiger partial charge in [-0.25, -0.2) is 4.98 Å². The summed E-state index contributed by atoms with van der Waals surface area (Å²) in [6.07, 6.45) is 2.48. The highest BCUT2D eigenvalue weighted by Gasteiger charge is 2.25. The quantitative estimate of drug-likeness (QED) is 0.851. The number of benzene rings is 1. The van der Waals surface area contributed by atoms with E-state index in [0.717, 1.165) is 41.4 Å². The topological polar surface area (TPSA) is 51.4 Å². The molecule has 1 unspecified atom stereocenters. The van der Waals surface area contributed by atoms with Crippen LogP contribution in [-0.2, 0) is 0 Å². The third kappa shape index (κ3) is 3.51. The number of ether oxygens (including phenoxy) is 1. The van der Waals surface area contributed by atoms with Crippen molar-refractivity contribution in [3.8, 4) is 17.0 Å². The Balaban J connectivity index is 1.95. The van der Waals surface area contributed by atoms with E-state index in [0.29, 0.717) is 11.0 Å². The smallest absolute Gasteiger partial charge is 0.180 e. The molecule has 1 aromatic carbocycles. The zero-order valence-corrected chi connectivity index (χ0v) is 15.8. The Labute approximate surface area is 148 Å². The van der Waals surface area contributed by atoms with E-state index in [1.807, 2.05) is 0 Å². The second-order valence-electron chi connectivity index (χ2n) is 6.92. The molecule has 4 nitrogen and oxygen atoms in total. The zero-order valence-electron chi connectivity index (χ0n) is 15.0. The van der Waals surface area contributed by atoms with Crippen molar-refractivity contribution in [1.82, 2.24) is 4.98 Å². The number of thiazole rings is 1. The molecule has 0 aliphatic carbocycles. The van der Waals surface area contributed by atoms with Crippen LogP contribution in [0.15, 0.2) is 18.2 Å². The first kappa shape index (κ1) is 17.1. The second-order valence-corrected chi connectivity index (χ2v) is 8.15. The Morgan fingerprint density at radius 2 is 2.21 bits per heavy atom. The number of hydrogen-bond acceptors (Lipinski definition) is 5. The molecule has 5 heteroatoms. The van der Waals surface area contributed by atoms with Gasteiger partial charge in [0.05, 0.1) is 17.9 Å². The molecule has 0 radical (unpaired) electrons. The van der Waals surface area contributed by atoms with Gasteiger partial charge in [-0.05, 0) is 43.9 Å². The van der Waals surface area contributed by atoms with E-state index in [1.165, 1.54) is 12.1 Å². The number of rotatable bonds is 5. The van der Waals surface area contributed by atoms with E-state index in [1.54, 1.807) is 11.3 Å². The van der Waals surface area contributed by atoms with Gasteiger partial charge < -0.3 is 15.4 Å². The zero-order chi connectivity index (χ0) is 17.3. The van der Waals surface area contributed by atoms with Crippen LogP contribution in [0.5, 0.6) is 5.75 Å². The molecule has 2 aromatic rings. The van der Waals surface area contributed by atoms with Crippen molar-refractivity contribution >= 4 is 22.2 Å². The van der Waals surface area contributed by atoms with Crippen LogP contribution in [0.3, 0.4) is 0 Å². The first-order valence-corrected chi connectivity index (χ1v) is 9.58. The number of nitrogen functional groups attached to an aromatic ring is 1. The molecule has 1 aliphatic rings. The number of hydrogen-bond donors (Lipinski definition) is 1. The minimum absolute atomic E-state index is 0.271. The standard InChI is InChI=1S/C19H27N3OS/c1-5-15-11-22(9-8-12(2)3)16-10-14(6-7-17(16)23-15)18-13(4)24-19(20)21-18/h6-7,10,12,15H,5,8-9,11H2,1-4H3,(H2,20,21). The van der Waals surface area contributed by atoms with Crippen molar-refractivity contribution < 1.29 is 4.74 Å². The molecule has 1 aliphatic heterocycles. The van der Waals surface area contributed by atoms with E-state index in [9.17, 15) is 0 Å². The maximum atomic E-state index is 6.16. The summed E-state index contributed by atoms with van der Waals surface area (Å²) in [6, 6.07) is 6.39. The van der Waals surface area contributed by atoms with E-state index >= 15 is 0 Å². The van der Waals surface area contributed by atoms with Gasteiger partial charge in [-0.3, -0.25) is 0 Å². The molecule has 130 valence electrons.